The SMILES string of the molecule is CC(C)COc1c(C(=O)NC2C3CC4CC(C3)CC2C4)cnn1/C=C/CC(=O)CCCN. The van der Waals surface area contributed by atoms with Gasteiger partial charge in [0.2, 0.25) is 5.88 Å². The first kappa shape index (κ1) is 23.0. The van der Waals surface area contributed by atoms with Crippen LogP contribution in [0.2, 0.25) is 0 Å². The lowest BCUT2D eigenvalue weighted by molar-refractivity contribution is -0.118. The molecular weight excluding hydrogens is 404 g/mol. The van der Waals surface area contributed by atoms with Crippen LogP contribution < -0.4 is 15.8 Å². The third-order valence-corrected chi connectivity index (χ3v) is 7.32. The Morgan fingerprint density at radius 2 is 1.91 bits per heavy atom. The van der Waals surface area contributed by atoms with Crippen molar-refractivity contribution in [2.45, 2.75) is 71.3 Å². The molecule has 1 amide bonds. The zero-order valence-electron chi connectivity index (χ0n) is 19.5. The van der Waals surface area contributed by atoms with Gasteiger partial charge in [0, 0.05) is 25.1 Å². The van der Waals surface area contributed by atoms with Crippen molar-refractivity contribution < 1.29 is 14.3 Å². The van der Waals surface area contributed by atoms with Crippen molar-refractivity contribution in [3.63, 3.8) is 0 Å². The van der Waals surface area contributed by atoms with Crippen LogP contribution in [-0.2, 0) is 4.79 Å². The standard InChI is InChI=1S/C25H38N4O3/c1-16(2)15-32-25-22(14-27-29(25)8-4-6-21(30)5-3-7-26)24(31)28-23-19-10-17-9-18(12-19)13-20(23)11-17/h4,8,14,16-20,23H,3,5-7,9-13,15,26H2,1-2H3,(H,28,31)/b8-4+. The van der Waals surface area contributed by atoms with Crippen LogP contribution in [0.4, 0.5) is 0 Å². The van der Waals surface area contributed by atoms with Gasteiger partial charge in [-0.1, -0.05) is 19.9 Å². The van der Waals surface area contributed by atoms with Crippen molar-refractivity contribution in [3.8, 4) is 5.88 Å². The topological polar surface area (TPSA) is 99.2 Å². The average molecular weight is 443 g/mol. The summed E-state index contributed by atoms with van der Waals surface area (Å²) in [6.07, 6.45) is 13.0. The Labute approximate surface area is 191 Å². The Bertz CT molecular complexity index is 816. The van der Waals surface area contributed by atoms with Crippen LogP contribution in [0.5, 0.6) is 5.88 Å². The number of ketones is 1. The van der Waals surface area contributed by atoms with Crippen molar-refractivity contribution in [1.29, 1.82) is 0 Å². The van der Waals surface area contributed by atoms with Crippen molar-refractivity contribution >= 4 is 17.9 Å². The van der Waals surface area contributed by atoms with Crippen molar-refractivity contribution in [2.24, 2.45) is 35.3 Å². The summed E-state index contributed by atoms with van der Waals surface area (Å²) >= 11 is 0. The van der Waals surface area contributed by atoms with E-state index < -0.39 is 0 Å². The van der Waals surface area contributed by atoms with Crippen molar-refractivity contribution in [3.05, 3.63) is 17.8 Å². The number of nitrogens with two attached hydrogens (primary N) is 1. The minimum atomic E-state index is -0.0973. The van der Waals surface area contributed by atoms with Crippen LogP contribution in [0.3, 0.4) is 0 Å². The minimum Gasteiger partial charge on any atom is -0.477 e. The maximum absolute atomic E-state index is 13.3. The molecule has 0 saturated heterocycles. The predicted octanol–water partition coefficient (Wildman–Crippen LogP) is 3.64. The van der Waals surface area contributed by atoms with Gasteiger partial charge < -0.3 is 15.8 Å². The molecule has 0 aromatic carbocycles. The van der Waals surface area contributed by atoms with Gasteiger partial charge in [0.05, 0.1) is 12.8 Å². The molecule has 1 aromatic heterocycles. The predicted molar refractivity (Wildman–Crippen MR) is 124 cm³/mol. The molecule has 7 heteroatoms. The van der Waals surface area contributed by atoms with Gasteiger partial charge in [-0.15, -0.1) is 0 Å². The quantitative estimate of drug-likeness (QED) is 0.545. The molecular formula is C25H38N4O3. The van der Waals surface area contributed by atoms with E-state index in [1.54, 1.807) is 23.2 Å². The summed E-state index contributed by atoms with van der Waals surface area (Å²) in [5.41, 5.74) is 5.94. The molecule has 0 atom stereocenters. The van der Waals surface area contributed by atoms with E-state index in [9.17, 15) is 9.59 Å². The minimum absolute atomic E-state index is 0.0973. The highest BCUT2D eigenvalue weighted by molar-refractivity contribution is 5.96. The van der Waals surface area contributed by atoms with E-state index in [-0.39, 0.29) is 17.7 Å². The van der Waals surface area contributed by atoms with Gasteiger partial charge >= 0.3 is 0 Å². The number of nitrogens with one attached hydrogen (secondary N) is 1. The first-order valence-corrected chi connectivity index (χ1v) is 12.3. The van der Waals surface area contributed by atoms with Gasteiger partial charge in [-0.25, -0.2) is 4.68 Å². The number of nitrogens with zero attached hydrogens (tertiary/aromatic N) is 2. The van der Waals surface area contributed by atoms with Crippen molar-refractivity contribution in [2.75, 3.05) is 13.2 Å². The molecule has 1 heterocycles. The van der Waals surface area contributed by atoms with E-state index >= 15 is 0 Å². The second kappa shape index (κ2) is 10.2. The normalized spacial score (nSPS) is 28.6. The summed E-state index contributed by atoms with van der Waals surface area (Å²) in [4.78, 5) is 25.2. The van der Waals surface area contributed by atoms with Gasteiger partial charge in [0.25, 0.3) is 5.91 Å². The number of allylic oxidation sites excluding steroid dienone is 1. The first-order valence-electron chi connectivity index (χ1n) is 12.3. The zero-order valence-corrected chi connectivity index (χ0v) is 19.5. The van der Waals surface area contributed by atoms with Gasteiger partial charge in [0.15, 0.2) is 0 Å². The number of aromatic nitrogens is 2. The first-order chi connectivity index (χ1) is 15.4. The van der Waals surface area contributed by atoms with E-state index in [0.717, 1.165) is 11.8 Å². The Balaban J connectivity index is 1.45. The third kappa shape index (κ3) is 5.25. The molecule has 4 aliphatic rings. The molecule has 4 fully saturated rings. The summed E-state index contributed by atoms with van der Waals surface area (Å²) in [6.45, 7) is 5.15. The highest BCUT2D eigenvalue weighted by atomic mass is 16.5. The maximum Gasteiger partial charge on any atom is 0.258 e. The summed E-state index contributed by atoms with van der Waals surface area (Å²) in [6, 6.07) is 0.271. The van der Waals surface area contributed by atoms with E-state index in [4.69, 9.17) is 10.5 Å². The molecule has 7 nitrogen and oxygen atoms in total. The molecule has 0 unspecified atom stereocenters. The molecule has 0 radical (unpaired) electrons. The van der Waals surface area contributed by atoms with Crippen LogP contribution in [0.1, 0.15) is 75.6 Å². The molecule has 1 aromatic rings. The molecule has 3 N–H and O–H groups in total. The Kier molecular flexibility index (Phi) is 7.33. The molecule has 4 bridgehead atoms. The maximum atomic E-state index is 13.3. The lowest BCUT2D eigenvalue weighted by atomic mass is 9.54. The highest BCUT2D eigenvalue weighted by Gasteiger charge is 2.48. The van der Waals surface area contributed by atoms with Gasteiger partial charge in [-0.2, -0.15) is 5.10 Å². The molecule has 0 spiro atoms. The van der Waals surface area contributed by atoms with Crippen molar-refractivity contribution in [1.82, 2.24) is 15.1 Å². The van der Waals surface area contributed by atoms with Crippen LogP contribution in [0.15, 0.2) is 12.3 Å². The number of hydrogen-bond donors (Lipinski definition) is 2. The number of hydrogen-bond acceptors (Lipinski definition) is 5. The zero-order chi connectivity index (χ0) is 22.7. The number of amides is 1. The number of carbonyl (C=O) groups is 2. The summed E-state index contributed by atoms with van der Waals surface area (Å²) in [5, 5.41) is 7.73. The number of ether oxygens (including phenoxy) is 1. The largest absolute Gasteiger partial charge is 0.477 e. The molecule has 32 heavy (non-hydrogen) atoms. The molecule has 4 saturated carbocycles. The fourth-order valence-electron chi connectivity index (χ4n) is 6.08. The highest BCUT2D eigenvalue weighted by Crippen LogP contribution is 2.53. The Morgan fingerprint density at radius 3 is 2.53 bits per heavy atom. The average Bonchev–Trinajstić information content (AvgIpc) is 3.15. The lowest BCUT2D eigenvalue weighted by Crippen LogP contribution is -2.55. The van der Waals surface area contributed by atoms with Gasteiger partial charge in [-0.05, 0) is 74.7 Å². The van der Waals surface area contributed by atoms with E-state index in [0.29, 0.717) is 61.6 Å². The van der Waals surface area contributed by atoms with E-state index in [1.165, 1.54) is 32.1 Å². The number of rotatable bonds is 11. The van der Waals surface area contributed by atoms with Crippen LogP contribution in [0, 0.1) is 29.6 Å². The number of Topliss-reactive ketones (excluding diaryl/α,β-unsaturated/α-hetero) is 1. The molecule has 0 aliphatic heterocycles. The smallest absolute Gasteiger partial charge is 0.258 e. The molecule has 4 aliphatic carbocycles. The monoisotopic (exact) mass is 442 g/mol. The van der Waals surface area contributed by atoms with Gasteiger partial charge in [-0.3, -0.25) is 9.59 Å². The Hall–Kier alpha value is -2.15. The fourth-order valence-corrected chi connectivity index (χ4v) is 6.08. The third-order valence-electron chi connectivity index (χ3n) is 7.32. The van der Waals surface area contributed by atoms with E-state index in [2.05, 4.69) is 24.3 Å². The number of carbonyl (C=O) groups excluding carboxylic acids is 2. The summed E-state index contributed by atoms with van der Waals surface area (Å²) < 4.78 is 7.58. The second-order valence-corrected chi connectivity index (χ2v) is 10.5. The van der Waals surface area contributed by atoms with Gasteiger partial charge in [0.1, 0.15) is 11.3 Å². The summed E-state index contributed by atoms with van der Waals surface area (Å²) in [7, 11) is 0. The lowest BCUT2D eigenvalue weighted by Gasteiger charge is -2.54. The fraction of sp³-hybridized carbons (Fsp3) is 0.720. The van der Waals surface area contributed by atoms with Crippen LogP contribution in [-0.4, -0.2) is 40.7 Å². The van der Waals surface area contributed by atoms with E-state index in [1.807, 2.05) is 0 Å². The Morgan fingerprint density at radius 1 is 1.22 bits per heavy atom. The molecule has 176 valence electrons. The van der Waals surface area contributed by atoms with Crippen LogP contribution in [0.25, 0.3) is 6.20 Å². The second-order valence-electron chi connectivity index (χ2n) is 10.5. The molecule has 5 rings (SSSR count). The summed E-state index contributed by atoms with van der Waals surface area (Å²) in [5.74, 6) is 3.79. The van der Waals surface area contributed by atoms with Crippen LogP contribution >= 0.6 is 0 Å².